The molecule has 0 saturated carbocycles. The second kappa shape index (κ2) is 5.68. The number of urea groups is 1. The highest BCUT2D eigenvalue weighted by Crippen LogP contribution is 2.18. The molecule has 3 heteroatoms. The third-order valence-corrected chi connectivity index (χ3v) is 2.45. The van der Waals surface area contributed by atoms with E-state index in [2.05, 4.69) is 23.8 Å². The average molecular weight is 194 g/mol. The number of amides is 2. The lowest BCUT2D eigenvalue weighted by molar-refractivity contribution is 0.257. The van der Waals surface area contributed by atoms with Gasteiger partial charge in [-0.3, -0.25) is 0 Å². The maximum absolute atomic E-state index is 10.8. The fraction of sp³-hybridized carbons (Fsp3) is 0.727. The standard InChI is InChI=1S/C11H18N2O/c1-3-5-9(6-4-2)7-10-8-12-11(14)13-10/h8-9H,3-7H2,1-2H3. The predicted molar refractivity (Wildman–Crippen MR) is 59.2 cm³/mol. The highest BCUT2D eigenvalue weighted by atomic mass is 16.2. The summed E-state index contributed by atoms with van der Waals surface area (Å²) in [5, 5.41) is 0. The van der Waals surface area contributed by atoms with Gasteiger partial charge < -0.3 is 0 Å². The number of hydrogen-bond donors (Lipinski definition) is 0. The Labute approximate surface area is 85.3 Å². The molecule has 0 aromatic carbocycles. The molecule has 0 aromatic rings. The Morgan fingerprint density at radius 1 is 1.29 bits per heavy atom. The minimum absolute atomic E-state index is 0.341. The Morgan fingerprint density at radius 3 is 2.36 bits per heavy atom. The molecule has 2 amide bonds. The maximum atomic E-state index is 10.8. The van der Waals surface area contributed by atoms with E-state index >= 15 is 0 Å². The first-order valence-electron chi connectivity index (χ1n) is 5.41. The Balaban J connectivity index is 2.43. The van der Waals surface area contributed by atoms with Crippen LogP contribution in [0.15, 0.2) is 9.98 Å². The molecule has 1 aliphatic heterocycles. The molecule has 0 spiro atoms. The summed E-state index contributed by atoms with van der Waals surface area (Å²) in [6.07, 6.45) is 7.35. The molecule has 0 saturated heterocycles. The molecule has 3 nitrogen and oxygen atoms in total. The largest absolute Gasteiger partial charge is 0.367 e. The molecular weight excluding hydrogens is 176 g/mol. The summed E-state index contributed by atoms with van der Waals surface area (Å²) in [4.78, 5) is 18.2. The molecule has 1 aliphatic rings. The topological polar surface area (TPSA) is 41.8 Å². The van der Waals surface area contributed by atoms with Gasteiger partial charge in [0.05, 0.1) is 11.9 Å². The summed E-state index contributed by atoms with van der Waals surface area (Å²) in [5.74, 6) is 0.668. The molecule has 14 heavy (non-hydrogen) atoms. The molecule has 0 radical (unpaired) electrons. The van der Waals surface area contributed by atoms with E-state index in [-0.39, 0.29) is 6.03 Å². The van der Waals surface area contributed by atoms with Gasteiger partial charge in [0.15, 0.2) is 0 Å². The first kappa shape index (κ1) is 11.1. The number of aliphatic imine (C=N–C) groups is 2. The molecule has 0 N–H and O–H groups in total. The van der Waals surface area contributed by atoms with Crippen molar-refractivity contribution in [2.45, 2.75) is 46.0 Å². The van der Waals surface area contributed by atoms with E-state index < -0.39 is 0 Å². The maximum Gasteiger partial charge on any atom is 0.367 e. The van der Waals surface area contributed by atoms with Crippen molar-refractivity contribution in [3.8, 4) is 0 Å². The smallest absolute Gasteiger partial charge is 0.244 e. The predicted octanol–water partition coefficient (Wildman–Crippen LogP) is 3.24. The molecule has 1 rings (SSSR count). The lowest BCUT2D eigenvalue weighted by Gasteiger charge is -2.13. The third-order valence-electron chi connectivity index (χ3n) is 2.45. The number of carbonyl (C=O) groups is 1. The van der Waals surface area contributed by atoms with E-state index in [1.165, 1.54) is 25.7 Å². The van der Waals surface area contributed by atoms with Crippen LogP contribution in [0.3, 0.4) is 0 Å². The van der Waals surface area contributed by atoms with Gasteiger partial charge in [0, 0.05) is 0 Å². The Morgan fingerprint density at radius 2 is 1.93 bits per heavy atom. The lowest BCUT2D eigenvalue weighted by atomic mass is 9.93. The summed E-state index contributed by atoms with van der Waals surface area (Å²) < 4.78 is 0. The molecule has 78 valence electrons. The van der Waals surface area contributed by atoms with Crippen molar-refractivity contribution in [2.75, 3.05) is 0 Å². The van der Waals surface area contributed by atoms with Gasteiger partial charge in [-0.1, -0.05) is 39.5 Å². The summed E-state index contributed by atoms with van der Waals surface area (Å²) in [6, 6.07) is -0.341. The molecule has 0 bridgehead atoms. The van der Waals surface area contributed by atoms with Crippen LogP contribution in [0.2, 0.25) is 0 Å². The van der Waals surface area contributed by atoms with Crippen molar-refractivity contribution >= 4 is 18.0 Å². The number of nitrogens with zero attached hydrogens (tertiary/aromatic N) is 2. The fourth-order valence-corrected chi connectivity index (χ4v) is 1.87. The molecule has 0 fully saturated rings. The quantitative estimate of drug-likeness (QED) is 0.640. The Bertz CT molecular complexity index is 250. The van der Waals surface area contributed by atoms with E-state index in [9.17, 15) is 4.79 Å². The minimum atomic E-state index is -0.341. The van der Waals surface area contributed by atoms with E-state index in [0.717, 1.165) is 12.1 Å². The molecular formula is C11H18N2O. The van der Waals surface area contributed by atoms with Crippen LogP contribution in [-0.4, -0.2) is 18.0 Å². The average Bonchev–Trinajstić information content (AvgIpc) is 2.52. The summed E-state index contributed by atoms with van der Waals surface area (Å²) in [5.41, 5.74) is 0.863. The fourth-order valence-electron chi connectivity index (χ4n) is 1.87. The second-order valence-electron chi connectivity index (χ2n) is 3.79. The molecule has 0 unspecified atom stereocenters. The van der Waals surface area contributed by atoms with Crippen LogP contribution in [-0.2, 0) is 0 Å². The van der Waals surface area contributed by atoms with Gasteiger partial charge >= 0.3 is 6.03 Å². The normalized spacial score (nSPS) is 15.4. The van der Waals surface area contributed by atoms with Crippen molar-refractivity contribution in [1.82, 2.24) is 0 Å². The van der Waals surface area contributed by atoms with Gasteiger partial charge in [0.25, 0.3) is 0 Å². The highest BCUT2D eigenvalue weighted by molar-refractivity contribution is 6.37. The zero-order chi connectivity index (χ0) is 10.4. The van der Waals surface area contributed by atoms with Gasteiger partial charge in [-0.05, 0) is 12.3 Å². The number of hydrogen-bond acceptors (Lipinski definition) is 1. The monoisotopic (exact) mass is 194 g/mol. The van der Waals surface area contributed by atoms with Gasteiger partial charge in [0.2, 0.25) is 0 Å². The van der Waals surface area contributed by atoms with E-state index in [1.54, 1.807) is 6.21 Å². The van der Waals surface area contributed by atoms with Crippen LogP contribution in [0.25, 0.3) is 0 Å². The van der Waals surface area contributed by atoms with Gasteiger partial charge in [-0.2, -0.15) is 9.98 Å². The van der Waals surface area contributed by atoms with Gasteiger partial charge in [0.1, 0.15) is 0 Å². The van der Waals surface area contributed by atoms with Gasteiger partial charge in [-0.25, -0.2) is 4.79 Å². The van der Waals surface area contributed by atoms with Crippen LogP contribution in [0.4, 0.5) is 4.79 Å². The van der Waals surface area contributed by atoms with Crippen molar-refractivity contribution in [1.29, 1.82) is 0 Å². The molecule has 1 heterocycles. The second-order valence-corrected chi connectivity index (χ2v) is 3.79. The third kappa shape index (κ3) is 3.40. The van der Waals surface area contributed by atoms with E-state index in [4.69, 9.17) is 0 Å². The van der Waals surface area contributed by atoms with Crippen LogP contribution in [0.1, 0.15) is 46.0 Å². The van der Waals surface area contributed by atoms with Crippen LogP contribution < -0.4 is 0 Å². The van der Waals surface area contributed by atoms with E-state index in [1.807, 2.05) is 0 Å². The highest BCUT2D eigenvalue weighted by Gasteiger charge is 2.14. The summed E-state index contributed by atoms with van der Waals surface area (Å²) >= 11 is 0. The summed E-state index contributed by atoms with van der Waals surface area (Å²) in [6.45, 7) is 4.39. The Kier molecular flexibility index (Phi) is 4.50. The number of carbonyl (C=O) groups excluding carboxylic acids is 1. The summed E-state index contributed by atoms with van der Waals surface area (Å²) in [7, 11) is 0. The first-order chi connectivity index (χ1) is 6.76. The van der Waals surface area contributed by atoms with Crippen LogP contribution in [0.5, 0.6) is 0 Å². The van der Waals surface area contributed by atoms with Crippen LogP contribution >= 0.6 is 0 Å². The van der Waals surface area contributed by atoms with Crippen molar-refractivity contribution in [3.05, 3.63) is 0 Å². The van der Waals surface area contributed by atoms with Crippen LogP contribution in [0, 0.1) is 5.92 Å². The van der Waals surface area contributed by atoms with Crippen molar-refractivity contribution in [3.63, 3.8) is 0 Å². The Hall–Kier alpha value is -0.990. The lowest BCUT2D eigenvalue weighted by Crippen LogP contribution is -2.08. The minimum Gasteiger partial charge on any atom is -0.244 e. The number of rotatable bonds is 6. The zero-order valence-corrected chi connectivity index (χ0v) is 8.99. The van der Waals surface area contributed by atoms with Crippen molar-refractivity contribution < 1.29 is 4.79 Å². The molecule has 0 atom stereocenters. The van der Waals surface area contributed by atoms with Crippen molar-refractivity contribution in [2.24, 2.45) is 15.9 Å². The molecule has 0 aromatic heterocycles. The first-order valence-corrected chi connectivity index (χ1v) is 5.41. The SMILES string of the molecule is CCCC(CCC)CC1=NC(=O)N=C1. The molecule has 0 aliphatic carbocycles. The zero-order valence-electron chi connectivity index (χ0n) is 8.99. The van der Waals surface area contributed by atoms with Gasteiger partial charge in [-0.15, -0.1) is 0 Å². The van der Waals surface area contributed by atoms with E-state index in [0.29, 0.717) is 5.92 Å².